The number of hydrogen-bond donors (Lipinski definition) is 1. The van der Waals surface area contributed by atoms with Crippen molar-refractivity contribution in [1.29, 1.82) is 0 Å². The van der Waals surface area contributed by atoms with Crippen LogP contribution in [0.3, 0.4) is 0 Å². The van der Waals surface area contributed by atoms with Gasteiger partial charge in [-0.3, -0.25) is 4.98 Å². The fraction of sp³-hybridized carbons (Fsp3) is 0.389. The fourth-order valence-electron chi connectivity index (χ4n) is 2.48. The van der Waals surface area contributed by atoms with E-state index >= 15 is 0 Å². The number of benzene rings is 1. The van der Waals surface area contributed by atoms with Crippen molar-refractivity contribution in [3.05, 3.63) is 59.4 Å². The molecule has 1 atom stereocenters. The molecule has 3 nitrogen and oxygen atoms in total. The van der Waals surface area contributed by atoms with Crippen molar-refractivity contribution in [2.24, 2.45) is 0 Å². The summed E-state index contributed by atoms with van der Waals surface area (Å²) in [5.41, 5.74) is 3.03. The SMILES string of the molecule is CCCOc1cncc(C(O)c2cccc(C3CC3)c2)c1. The van der Waals surface area contributed by atoms with Crippen molar-refractivity contribution < 1.29 is 9.84 Å². The second kappa shape index (κ2) is 6.27. The summed E-state index contributed by atoms with van der Waals surface area (Å²) in [6.45, 7) is 2.73. The summed E-state index contributed by atoms with van der Waals surface area (Å²) in [6.07, 6.45) is 6.22. The third kappa shape index (κ3) is 3.42. The van der Waals surface area contributed by atoms with E-state index in [2.05, 4.69) is 24.0 Å². The van der Waals surface area contributed by atoms with Crippen molar-refractivity contribution in [3.8, 4) is 5.75 Å². The Morgan fingerprint density at radius 1 is 1.24 bits per heavy atom. The van der Waals surface area contributed by atoms with Crippen LogP contribution < -0.4 is 4.74 Å². The van der Waals surface area contributed by atoms with Crippen LogP contribution in [0.25, 0.3) is 0 Å². The highest BCUT2D eigenvalue weighted by molar-refractivity contribution is 5.36. The summed E-state index contributed by atoms with van der Waals surface area (Å²) < 4.78 is 5.58. The Morgan fingerprint density at radius 3 is 2.86 bits per heavy atom. The van der Waals surface area contributed by atoms with Gasteiger partial charge < -0.3 is 9.84 Å². The van der Waals surface area contributed by atoms with Crippen LogP contribution in [0.15, 0.2) is 42.7 Å². The topological polar surface area (TPSA) is 42.4 Å². The molecule has 3 heteroatoms. The summed E-state index contributed by atoms with van der Waals surface area (Å²) in [7, 11) is 0. The summed E-state index contributed by atoms with van der Waals surface area (Å²) >= 11 is 0. The van der Waals surface area contributed by atoms with Crippen LogP contribution in [-0.2, 0) is 0 Å². The minimum absolute atomic E-state index is 0.652. The maximum atomic E-state index is 10.6. The average Bonchev–Trinajstić information content (AvgIpc) is 3.37. The lowest BCUT2D eigenvalue weighted by molar-refractivity contribution is 0.218. The smallest absolute Gasteiger partial charge is 0.137 e. The Hall–Kier alpha value is -1.87. The van der Waals surface area contributed by atoms with Gasteiger partial charge in [0, 0.05) is 11.8 Å². The zero-order chi connectivity index (χ0) is 14.7. The van der Waals surface area contributed by atoms with Crippen LogP contribution in [0.4, 0.5) is 0 Å². The van der Waals surface area contributed by atoms with E-state index in [4.69, 9.17) is 4.74 Å². The van der Waals surface area contributed by atoms with Gasteiger partial charge in [0.1, 0.15) is 11.9 Å². The molecule has 0 amide bonds. The lowest BCUT2D eigenvalue weighted by Crippen LogP contribution is -2.02. The molecular formula is C18H21NO2. The molecule has 1 saturated carbocycles. The predicted octanol–water partition coefficient (Wildman–Crippen LogP) is 3.83. The molecule has 3 rings (SSSR count). The van der Waals surface area contributed by atoms with Gasteiger partial charge in [-0.15, -0.1) is 0 Å². The van der Waals surface area contributed by atoms with Crippen molar-refractivity contribution >= 4 is 0 Å². The average molecular weight is 283 g/mol. The third-order valence-corrected chi connectivity index (χ3v) is 3.80. The molecule has 2 aromatic rings. The van der Waals surface area contributed by atoms with E-state index in [-0.39, 0.29) is 0 Å². The first kappa shape index (κ1) is 14.1. The standard InChI is InChI=1S/C18H21NO2/c1-2-8-21-17-10-16(11-19-12-17)18(20)15-5-3-4-14(9-15)13-6-7-13/h3-5,9-13,18,20H,2,6-8H2,1H3. The number of pyridine rings is 1. The molecule has 21 heavy (non-hydrogen) atoms. The van der Waals surface area contributed by atoms with Gasteiger partial charge in [0.15, 0.2) is 0 Å². The van der Waals surface area contributed by atoms with Gasteiger partial charge in [0.25, 0.3) is 0 Å². The van der Waals surface area contributed by atoms with Gasteiger partial charge in [-0.05, 0) is 42.4 Å². The molecule has 1 N–H and O–H groups in total. The number of rotatable bonds is 6. The van der Waals surface area contributed by atoms with E-state index in [9.17, 15) is 5.11 Å². The molecule has 110 valence electrons. The Balaban J connectivity index is 1.80. The monoisotopic (exact) mass is 283 g/mol. The molecule has 1 aromatic heterocycles. The van der Waals surface area contributed by atoms with Crippen molar-refractivity contribution in [2.75, 3.05) is 6.61 Å². The minimum atomic E-state index is -0.652. The van der Waals surface area contributed by atoms with E-state index in [1.807, 2.05) is 18.2 Å². The third-order valence-electron chi connectivity index (χ3n) is 3.80. The first-order chi connectivity index (χ1) is 10.3. The van der Waals surface area contributed by atoms with E-state index in [1.54, 1.807) is 12.4 Å². The van der Waals surface area contributed by atoms with Crippen LogP contribution in [-0.4, -0.2) is 16.7 Å². The van der Waals surface area contributed by atoms with E-state index in [0.717, 1.165) is 17.5 Å². The van der Waals surface area contributed by atoms with E-state index in [0.29, 0.717) is 18.3 Å². The number of aliphatic hydroxyl groups is 1. The van der Waals surface area contributed by atoms with E-state index in [1.165, 1.54) is 18.4 Å². The minimum Gasteiger partial charge on any atom is -0.492 e. The van der Waals surface area contributed by atoms with Gasteiger partial charge in [0.05, 0.1) is 12.8 Å². The number of aliphatic hydroxyl groups excluding tert-OH is 1. The zero-order valence-corrected chi connectivity index (χ0v) is 12.3. The molecule has 1 aliphatic carbocycles. The van der Waals surface area contributed by atoms with Crippen LogP contribution in [0, 0.1) is 0 Å². The zero-order valence-electron chi connectivity index (χ0n) is 12.3. The quantitative estimate of drug-likeness (QED) is 0.876. The Bertz CT molecular complexity index is 608. The maximum absolute atomic E-state index is 10.6. The first-order valence-corrected chi connectivity index (χ1v) is 7.63. The van der Waals surface area contributed by atoms with Crippen LogP contribution in [0.5, 0.6) is 5.75 Å². The fourth-order valence-corrected chi connectivity index (χ4v) is 2.48. The second-order valence-corrected chi connectivity index (χ2v) is 5.65. The highest BCUT2D eigenvalue weighted by Gasteiger charge is 2.24. The number of nitrogens with zero attached hydrogens (tertiary/aromatic N) is 1. The van der Waals surface area contributed by atoms with E-state index < -0.39 is 6.10 Å². The summed E-state index contributed by atoms with van der Waals surface area (Å²) in [4.78, 5) is 4.17. The molecular weight excluding hydrogens is 262 g/mol. The van der Waals surface area contributed by atoms with Gasteiger partial charge in [-0.1, -0.05) is 31.2 Å². The summed E-state index contributed by atoms with van der Waals surface area (Å²) in [5, 5.41) is 10.6. The first-order valence-electron chi connectivity index (χ1n) is 7.63. The Morgan fingerprint density at radius 2 is 2.10 bits per heavy atom. The molecule has 0 saturated heterocycles. The molecule has 1 aliphatic rings. The Kier molecular flexibility index (Phi) is 4.20. The Labute approximate surface area is 125 Å². The molecule has 0 bridgehead atoms. The molecule has 1 heterocycles. The molecule has 1 unspecified atom stereocenters. The van der Waals surface area contributed by atoms with Crippen LogP contribution in [0.2, 0.25) is 0 Å². The van der Waals surface area contributed by atoms with Gasteiger partial charge in [-0.25, -0.2) is 0 Å². The molecule has 0 aliphatic heterocycles. The van der Waals surface area contributed by atoms with Crippen molar-refractivity contribution in [1.82, 2.24) is 4.98 Å². The van der Waals surface area contributed by atoms with Crippen LogP contribution >= 0.6 is 0 Å². The largest absolute Gasteiger partial charge is 0.492 e. The predicted molar refractivity (Wildman–Crippen MR) is 82.5 cm³/mol. The molecule has 1 aromatic carbocycles. The van der Waals surface area contributed by atoms with Crippen molar-refractivity contribution in [2.45, 2.75) is 38.2 Å². The molecule has 1 fully saturated rings. The lowest BCUT2D eigenvalue weighted by atomic mass is 9.99. The van der Waals surface area contributed by atoms with Gasteiger partial charge >= 0.3 is 0 Å². The normalized spacial score (nSPS) is 15.7. The van der Waals surface area contributed by atoms with Crippen molar-refractivity contribution in [3.63, 3.8) is 0 Å². The highest BCUT2D eigenvalue weighted by atomic mass is 16.5. The highest BCUT2D eigenvalue weighted by Crippen LogP contribution is 2.40. The number of aromatic nitrogens is 1. The number of hydrogen-bond acceptors (Lipinski definition) is 3. The summed E-state index contributed by atoms with van der Waals surface area (Å²) in [6, 6.07) is 10.1. The lowest BCUT2D eigenvalue weighted by Gasteiger charge is -2.14. The maximum Gasteiger partial charge on any atom is 0.137 e. The second-order valence-electron chi connectivity index (χ2n) is 5.65. The van der Waals surface area contributed by atoms with Gasteiger partial charge in [0.2, 0.25) is 0 Å². The molecule has 0 radical (unpaired) electrons. The number of ether oxygens (including phenoxy) is 1. The van der Waals surface area contributed by atoms with Crippen LogP contribution in [0.1, 0.15) is 54.9 Å². The molecule has 0 spiro atoms. The van der Waals surface area contributed by atoms with Gasteiger partial charge in [-0.2, -0.15) is 0 Å². The summed E-state index contributed by atoms with van der Waals surface area (Å²) in [5.74, 6) is 1.40.